The largest absolute Gasteiger partial charge is 0.370 e. The Hall–Kier alpha value is -0.985. The molecule has 2 rings (SSSR count). The van der Waals surface area contributed by atoms with Crippen LogP contribution in [0.4, 0.5) is 5.82 Å². The zero-order chi connectivity index (χ0) is 9.10. The summed E-state index contributed by atoms with van der Waals surface area (Å²) in [6.07, 6.45) is 3.91. The molecule has 0 amide bonds. The molecule has 0 atom stereocenters. The van der Waals surface area contributed by atoms with Crippen molar-refractivity contribution in [1.29, 1.82) is 0 Å². The van der Waals surface area contributed by atoms with Crippen LogP contribution in [-0.2, 0) is 12.8 Å². The van der Waals surface area contributed by atoms with Crippen molar-refractivity contribution in [2.24, 2.45) is 0 Å². The highest BCUT2D eigenvalue weighted by Gasteiger charge is 2.09. The first-order valence-corrected chi connectivity index (χ1v) is 4.83. The van der Waals surface area contributed by atoms with E-state index in [0.29, 0.717) is 6.32 Å². The lowest BCUT2D eigenvalue weighted by Gasteiger charge is -2.17. The van der Waals surface area contributed by atoms with Gasteiger partial charge in [-0.3, -0.25) is 0 Å². The number of aromatic nitrogens is 1. The molecule has 2 heterocycles. The van der Waals surface area contributed by atoms with Gasteiger partial charge < -0.3 is 5.32 Å². The van der Waals surface area contributed by atoms with Crippen LogP contribution in [0.1, 0.15) is 17.7 Å². The summed E-state index contributed by atoms with van der Waals surface area (Å²) < 4.78 is 0. The molecule has 1 aliphatic heterocycles. The van der Waals surface area contributed by atoms with Gasteiger partial charge in [-0.05, 0) is 30.9 Å². The number of pyridine rings is 1. The van der Waals surface area contributed by atoms with Crippen LogP contribution in [0.25, 0.3) is 0 Å². The lowest BCUT2D eigenvalue weighted by molar-refractivity contribution is 0.811. The van der Waals surface area contributed by atoms with E-state index in [0.717, 1.165) is 30.9 Å². The van der Waals surface area contributed by atoms with Crippen molar-refractivity contribution in [3.05, 3.63) is 23.4 Å². The second kappa shape index (κ2) is 3.82. The quantitative estimate of drug-likeness (QED) is 0.684. The first-order valence-electron chi connectivity index (χ1n) is 4.83. The van der Waals surface area contributed by atoms with Crippen LogP contribution in [0, 0.1) is 0 Å². The fourth-order valence-corrected chi connectivity index (χ4v) is 1.66. The number of rotatable bonds is 2. The predicted molar refractivity (Wildman–Crippen MR) is 55.3 cm³/mol. The van der Waals surface area contributed by atoms with Crippen LogP contribution in [0.2, 0.25) is 6.32 Å². The number of hydrogen-bond acceptors (Lipinski definition) is 2. The van der Waals surface area contributed by atoms with Gasteiger partial charge in [-0.25, -0.2) is 4.98 Å². The first-order chi connectivity index (χ1) is 6.40. The Morgan fingerprint density at radius 2 is 2.38 bits per heavy atom. The summed E-state index contributed by atoms with van der Waals surface area (Å²) in [5, 5.41) is 3.31. The maximum atomic E-state index is 5.48. The van der Waals surface area contributed by atoms with Crippen LogP contribution in [0.3, 0.4) is 0 Å². The van der Waals surface area contributed by atoms with Crippen molar-refractivity contribution in [2.45, 2.75) is 25.6 Å². The molecule has 13 heavy (non-hydrogen) atoms. The summed E-state index contributed by atoms with van der Waals surface area (Å²) in [4.78, 5) is 4.51. The standard InChI is InChI=1S/C10H13BN2/c11-6-5-9-4-3-8-2-1-7-12-10(8)13-9/h3-4H,1-2,5-7H2,(H,12,13). The highest BCUT2D eigenvalue weighted by Crippen LogP contribution is 2.19. The highest BCUT2D eigenvalue weighted by atomic mass is 15.0. The molecule has 0 unspecified atom stereocenters. The van der Waals surface area contributed by atoms with E-state index in [1.54, 1.807) is 0 Å². The third-order valence-corrected chi connectivity index (χ3v) is 2.35. The lowest BCUT2D eigenvalue weighted by atomic mass is 9.99. The number of aryl methyl sites for hydroxylation is 2. The van der Waals surface area contributed by atoms with Gasteiger partial charge in [-0.2, -0.15) is 0 Å². The molecule has 1 N–H and O–H groups in total. The van der Waals surface area contributed by atoms with Gasteiger partial charge >= 0.3 is 0 Å². The molecule has 0 fully saturated rings. The van der Waals surface area contributed by atoms with Gasteiger partial charge in [0.25, 0.3) is 0 Å². The molecule has 1 aromatic heterocycles. The maximum absolute atomic E-state index is 5.48. The fourth-order valence-electron chi connectivity index (χ4n) is 1.66. The van der Waals surface area contributed by atoms with Gasteiger partial charge in [0, 0.05) is 12.2 Å². The number of anilines is 1. The second-order valence-corrected chi connectivity index (χ2v) is 3.38. The molecule has 0 saturated carbocycles. The number of nitrogens with one attached hydrogen (secondary N) is 1. The van der Waals surface area contributed by atoms with E-state index in [-0.39, 0.29) is 0 Å². The fraction of sp³-hybridized carbons (Fsp3) is 0.500. The summed E-state index contributed by atoms with van der Waals surface area (Å²) in [5.74, 6) is 1.07. The molecule has 1 aliphatic rings. The van der Waals surface area contributed by atoms with Crippen molar-refractivity contribution >= 4 is 13.7 Å². The topological polar surface area (TPSA) is 24.9 Å². The molecule has 3 heteroatoms. The lowest BCUT2D eigenvalue weighted by Crippen LogP contribution is -2.13. The first kappa shape index (κ1) is 8.61. The zero-order valence-electron chi connectivity index (χ0n) is 7.71. The third-order valence-electron chi connectivity index (χ3n) is 2.35. The summed E-state index contributed by atoms with van der Waals surface area (Å²) >= 11 is 0. The number of hydrogen-bond donors (Lipinski definition) is 1. The van der Waals surface area contributed by atoms with Crippen LogP contribution in [0.5, 0.6) is 0 Å². The zero-order valence-corrected chi connectivity index (χ0v) is 7.71. The van der Waals surface area contributed by atoms with E-state index in [2.05, 4.69) is 22.4 Å². The molecule has 1 aromatic rings. The Morgan fingerprint density at radius 1 is 1.46 bits per heavy atom. The van der Waals surface area contributed by atoms with Gasteiger partial charge in [-0.15, -0.1) is 0 Å². The Kier molecular flexibility index (Phi) is 2.53. The molecule has 0 aromatic carbocycles. The minimum Gasteiger partial charge on any atom is -0.370 e. The summed E-state index contributed by atoms with van der Waals surface area (Å²) in [6, 6.07) is 4.25. The van der Waals surface area contributed by atoms with Crippen molar-refractivity contribution in [3.8, 4) is 0 Å². The average Bonchev–Trinajstić information content (AvgIpc) is 2.18. The molecular formula is C10H13BN2. The van der Waals surface area contributed by atoms with Crippen molar-refractivity contribution in [1.82, 2.24) is 4.98 Å². The van der Waals surface area contributed by atoms with E-state index in [1.165, 1.54) is 12.0 Å². The smallest absolute Gasteiger partial charge is 0.129 e. The van der Waals surface area contributed by atoms with E-state index in [4.69, 9.17) is 7.85 Å². The van der Waals surface area contributed by atoms with E-state index in [1.807, 2.05) is 0 Å². The van der Waals surface area contributed by atoms with Gasteiger partial charge in [0.2, 0.25) is 0 Å². The Labute approximate surface area is 80.2 Å². The Morgan fingerprint density at radius 3 is 3.23 bits per heavy atom. The van der Waals surface area contributed by atoms with Gasteiger partial charge in [0.15, 0.2) is 0 Å². The molecule has 2 nitrogen and oxygen atoms in total. The van der Waals surface area contributed by atoms with E-state index >= 15 is 0 Å². The SMILES string of the molecule is [B]CCc1ccc2c(n1)NCCC2. The average molecular weight is 172 g/mol. The van der Waals surface area contributed by atoms with Gasteiger partial charge in [0.1, 0.15) is 5.82 Å². The molecule has 0 spiro atoms. The Balaban J connectivity index is 2.24. The Bertz CT molecular complexity index is 299. The van der Waals surface area contributed by atoms with Crippen molar-refractivity contribution in [3.63, 3.8) is 0 Å². The van der Waals surface area contributed by atoms with Gasteiger partial charge in [0.05, 0.1) is 7.85 Å². The highest BCUT2D eigenvalue weighted by molar-refractivity contribution is 6.08. The minimum atomic E-state index is 0.672. The molecule has 0 saturated heterocycles. The van der Waals surface area contributed by atoms with Crippen LogP contribution in [0.15, 0.2) is 12.1 Å². The molecule has 66 valence electrons. The summed E-state index contributed by atoms with van der Waals surface area (Å²) in [7, 11) is 5.48. The van der Waals surface area contributed by atoms with Crippen LogP contribution >= 0.6 is 0 Å². The number of nitrogens with zero attached hydrogens (tertiary/aromatic N) is 1. The van der Waals surface area contributed by atoms with Crippen molar-refractivity contribution < 1.29 is 0 Å². The van der Waals surface area contributed by atoms with Gasteiger partial charge in [-0.1, -0.05) is 12.4 Å². The van der Waals surface area contributed by atoms with Crippen LogP contribution < -0.4 is 5.32 Å². The van der Waals surface area contributed by atoms with E-state index in [9.17, 15) is 0 Å². The molecule has 0 bridgehead atoms. The molecular weight excluding hydrogens is 159 g/mol. The summed E-state index contributed by atoms with van der Waals surface area (Å²) in [5.41, 5.74) is 2.43. The normalized spacial score (nSPS) is 14.8. The summed E-state index contributed by atoms with van der Waals surface area (Å²) in [6.45, 7) is 1.05. The minimum absolute atomic E-state index is 0.672. The predicted octanol–water partition coefficient (Wildman–Crippen LogP) is 1.57. The third kappa shape index (κ3) is 1.85. The van der Waals surface area contributed by atoms with Crippen molar-refractivity contribution in [2.75, 3.05) is 11.9 Å². The second-order valence-electron chi connectivity index (χ2n) is 3.38. The van der Waals surface area contributed by atoms with E-state index < -0.39 is 0 Å². The van der Waals surface area contributed by atoms with Crippen LogP contribution in [-0.4, -0.2) is 19.4 Å². The monoisotopic (exact) mass is 172 g/mol. The molecule has 0 aliphatic carbocycles. The molecule has 2 radical (unpaired) electrons. The number of fused-ring (bicyclic) bond motifs is 1. The maximum Gasteiger partial charge on any atom is 0.129 e.